The fourth-order valence-corrected chi connectivity index (χ4v) is 4.46. The van der Waals surface area contributed by atoms with Crippen molar-refractivity contribution in [3.63, 3.8) is 0 Å². The van der Waals surface area contributed by atoms with Crippen molar-refractivity contribution in [2.24, 2.45) is 4.99 Å². The molecule has 1 fully saturated rings. The molecule has 2 N–H and O–H groups in total. The average Bonchev–Trinajstić information content (AvgIpc) is 2.71. The molecule has 0 saturated carbocycles. The number of H-pyrrole nitrogens is 1. The smallest absolute Gasteiger partial charge is 0.258 e. The first-order valence-corrected chi connectivity index (χ1v) is 11.1. The molecular weight excluding hydrogens is 491 g/mol. The number of anilines is 1. The number of nitrogens with one attached hydrogen (secondary N) is 1. The molecule has 0 unspecified atom stereocenters. The molecule has 0 bridgehead atoms. The SMILES string of the molecule is C[C@@H]1CN(c2ccc(N=Cc3c(O)[nH]c(=O)c4ccc(I)cc34)cc2)[C@H](C)CN1C. The molecule has 1 saturated heterocycles. The Morgan fingerprint density at radius 1 is 1.10 bits per heavy atom. The molecule has 0 spiro atoms. The molecule has 2 aromatic carbocycles. The van der Waals surface area contributed by atoms with Crippen LogP contribution in [0.2, 0.25) is 0 Å². The second-order valence-corrected chi connectivity index (χ2v) is 9.22. The fraction of sp³-hybridized carbons (Fsp3) is 0.304. The lowest BCUT2D eigenvalue weighted by Gasteiger charge is -2.43. The standard InChI is InChI=1S/C23H25IN4O2/c1-14-13-28(15(2)12-27(14)3)18-7-5-17(6-8-18)25-11-21-20-10-16(24)4-9-19(20)22(29)26-23(21)30/h4-11,14-15H,12-13H2,1-3H3,(H2,26,29,30)/t14-,15-/m1/s1. The third-order valence-electron chi connectivity index (χ3n) is 5.83. The van der Waals surface area contributed by atoms with E-state index in [1.165, 1.54) is 5.69 Å². The number of hydrogen-bond donors (Lipinski definition) is 2. The molecule has 30 heavy (non-hydrogen) atoms. The Labute approximate surface area is 189 Å². The van der Waals surface area contributed by atoms with E-state index in [0.29, 0.717) is 28.4 Å². The van der Waals surface area contributed by atoms with Crippen molar-refractivity contribution >= 4 is 51.0 Å². The Bertz CT molecular complexity index is 1160. The molecule has 0 radical (unpaired) electrons. The van der Waals surface area contributed by atoms with Gasteiger partial charge in [0, 0.05) is 51.4 Å². The number of aromatic hydroxyl groups is 1. The summed E-state index contributed by atoms with van der Waals surface area (Å²) in [5, 5.41) is 11.5. The molecule has 1 aliphatic rings. The highest BCUT2D eigenvalue weighted by molar-refractivity contribution is 14.1. The molecule has 1 aliphatic heterocycles. The molecule has 2 heterocycles. The van der Waals surface area contributed by atoms with E-state index >= 15 is 0 Å². The van der Waals surface area contributed by atoms with E-state index < -0.39 is 0 Å². The van der Waals surface area contributed by atoms with Crippen LogP contribution in [0.15, 0.2) is 52.3 Å². The van der Waals surface area contributed by atoms with Gasteiger partial charge in [-0.15, -0.1) is 0 Å². The second-order valence-electron chi connectivity index (χ2n) is 7.97. The molecule has 4 rings (SSSR count). The van der Waals surface area contributed by atoms with Crippen LogP contribution in [0.3, 0.4) is 0 Å². The number of rotatable bonds is 3. The van der Waals surface area contributed by atoms with Gasteiger partial charge in [-0.25, -0.2) is 0 Å². The van der Waals surface area contributed by atoms with Crippen molar-refractivity contribution in [2.75, 3.05) is 25.0 Å². The highest BCUT2D eigenvalue weighted by Crippen LogP contribution is 2.27. The Morgan fingerprint density at radius 2 is 1.83 bits per heavy atom. The predicted molar refractivity (Wildman–Crippen MR) is 132 cm³/mol. The second kappa shape index (κ2) is 8.39. The number of likely N-dealkylation sites (N-methyl/N-ethyl adjacent to an activating group) is 1. The summed E-state index contributed by atoms with van der Waals surface area (Å²) in [6, 6.07) is 14.6. The highest BCUT2D eigenvalue weighted by Gasteiger charge is 2.26. The van der Waals surface area contributed by atoms with E-state index in [1.54, 1.807) is 12.3 Å². The van der Waals surface area contributed by atoms with Gasteiger partial charge in [-0.05, 0) is 86.0 Å². The van der Waals surface area contributed by atoms with Gasteiger partial charge in [0.25, 0.3) is 5.56 Å². The molecule has 156 valence electrons. The van der Waals surface area contributed by atoms with Gasteiger partial charge >= 0.3 is 0 Å². The van der Waals surface area contributed by atoms with Gasteiger partial charge in [0.05, 0.1) is 11.3 Å². The lowest BCUT2D eigenvalue weighted by molar-refractivity contribution is 0.206. The van der Waals surface area contributed by atoms with Crippen LogP contribution in [0.4, 0.5) is 11.4 Å². The molecule has 2 atom stereocenters. The number of nitrogens with zero attached hydrogens (tertiary/aromatic N) is 3. The number of aliphatic imine (C=N–C) groups is 1. The van der Waals surface area contributed by atoms with Crippen LogP contribution >= 0.6 is 22.6 Å². The number of pyridine rings is 1. The molecule has 0 amide bonds. The van der Waals surface area contributed by atoms with Crippen LogP contribution in [0.5, 0.6) is 5.88 Å². The first-order valence-electron chi connectivity index (χ1n) is 9.99. The number of benzene rings is 2. The largest absolute Gasteiger partial charge is 0.494 e. The number of aromatic amines is 1. The Kier molecular flexibility index (Phi) is 5.84. The van der Waals surface area contributed by atoms with E-state index in [-0.39, 0.29) is 11.4 Å². The van der Waals surface area contributed by atoms with Crippen molar-refractivity contribution in [3.8, 4) is 5.88 Å². The lowest BCUT2D eigenvalue weighted by atomic mass is 10.1. The summed E-state index contributed by atoms with van der Waals surface area (Å²) in [7, 11) is 2.17. The zero-order chi connectivity index (χ0) is 21.4. The monoisotopic (exact) mass is 516 g/mol. The first kappa shape index (κ1) is 20.9. The number of piperazine rings is 1. The average molecular weight is 516 g/mol. The normalized spacial score (nSPS) is 20.3. The molecule has 6 nitrogen and oxygen atoms in total. The van der Waals surface area contributed by atoms with Crippen molar-refractivity contribution in [2.45, 2.75) is 25.9 Å². The van der Waals surface area contributed by atoms with Gasteiger partial charge in [-0.1, -0.05) is 0 Å². The van der Waals surface area contributed by atoms with E-state index in [9.17, 15) is 9.90 Å². The summed E-state index contributed by atoms with van der Waals surface area (Å²) in [6.07, 6.45) is 1.61. The Balaban J connectivity index is 1.61. The zero-order valence-corrected chi connectivity index (χ0v) is 19.4. The van der Waals surface area contributed by atoms with Gasteiger partial charge in [0.1, 0.15) is 0 Å². The quantitative estimate of drug-likeness (QED) is 0.406. The third-order valence-corrected chi connectivity index (χ3v) is 6.50. The van der Waals surface area contributed by atoms with Gasteiger partial charge in [0.15, 0.2) is 0 Å². The van der Waals surface area contributed by atoms with Gasteiger partial charge in [0.2, 0.25) is 5.88 Å². The number of halogens is 1. The van der Waals surface area contributed by atoms with E-state index in [4.69, 9.17) is 0 Å². The van der Waals surface area contributed by atoms with Crippen molar-refractivity contribution in [1.29, 1.82) is 0 Å². The van der Waals surface area contributed by atoms with Crippen LogP contribution in [0, 0.1) is 3.57 Å². The molecule has 3 aromatic rings. The molecular formula is C23H25IN4O2. The summed E-state index contributed by atoms with van der Waals surface area (Å²) in [5.74, 6) is -0.171. The van der Waals surface area contributed by atoms with Crippen molar-refractivity contribution in [1.82, 2.24) is 9.88 Å². The minimum atomic E-state index is -0.309. The maximum atomic E-state index is 12.1. The van der Waals surface area contributed by atoms with Gasteiger partial charge in [-0.2, -0.15) is 0 Å². The van der Waals surface area contributed by atoms with E-state index in [0.717, 1.165) is 22.3 Å². The minimum absolute atomic E-state index is 0.171. The molecule has 1 aromatic heterocycles. The molecule has 7 heteroatoms. The summed E-state index contributed by atoms with van der Waals surface area (Å²) in [4.78, 5) is 24.0. The topological polar surface area (TPSA) is 71.9 Å². The fourth-order valence-electron chi connectivity index (χ4n) is 3.97. The van der Waals surface area contributed by atoms with Crippen LogP contribution in [0.1, 0.15) is 19.4 Å². The van der Waals surface area contributed by atoms with E-state index in [2.05, 4.69) is 75.4 Å². The maximum absolute atomic E-state index is 12.1. The Morgan fingerprint density at radius 3 is 2.57 bits per heavy atom. The van der Waals surface area contributed by atoms with Crippen molar-refractivity contribution < 1.29 is 5.11 Å². The number of hydrogen-bond acceptors (Lipinski definition) is 5. The highest BCUT2D eigenvalue weighted by atomic mass is 127. The maximum Gasteiger partial charge on any atom is 0.258 e. The van der Waals surface area contributed by atoms with E-state index in [1.807, 2.05) is 24.3 Å². The van der Waals surface area contributed by atoms with Crippen LogP contribution in [-0.4, -0.2) is 53.4 Å². The summed E-state index contributed by atoms with van der Waals surface area (Å²) >= 11 is 2.19. The molecule has 0 aliphatic carbocycles. The lowest BCUT2D eigenvalue weighted by Crippen LogP contribution is -2.55. The number of fused-ring (bicyclic) bond motifs is 1. The predicted octanol–water partition coefficient (Wildman–Crippen LogP) is 4.12. The van der Waals surface area contributed by atoms with Gasteiger partial charge in [-0.3, -0.25) is 19.7 Å². The summed E-state index contributed by atoms with van der Waals surface area (Å²) in [5.41, 5.74) is 2.18. The summed E-state index contributed by atoms with van der Waals surface area (Å²) in [6.45, 7) is 6.54. The third kappa shape index (κ3) is 4.09. The van der Waals surface area contributed by atoms with Crippen molar-refractivity contribution in [3.05, 3.63) is 62.0 Å². The first-order chi connectivity index (χ1) is 14.3. The van der Waals surface area contributed by atoms with Gasteiger partial charge < -0.3 is 10.0 Å². The Hall–Kier alpha value is -2.39. The van der Waals surface area contributed by atoms with Crippen LogP contribution < -0.4 is 10.5 Å². The zero-order valence-electron chi connectivity index (χ0n) is 17.3. The number of aromatic nitrogens is 1. The minimum Gasteiger partial charge on any atom is -0.494 e. The van der Waals surface area contributed by atoms with Crippen LogP contribution in [-0.2, 0) is 0 Å². The summed E-state index contributed by atoms with van der Waals surface area (Å²) < 4.78 is 0.986. The van der Waals surface area contributed by atoms with Crippen LogP contribution in [0.25, 0.3) is 10.8 Å².